The predicted molar refractivity (Wildman–Crippen MR) is 51.8 cm³/mol. The van der Waals surface area contributed by atoms with Crippen LogP contribution in [0.15, 0.2) is 11.6 Å². The van der Waals surface area contributed by atoms with Gasteiger partial charge in [-0.1, -0.05) is 6.08 Å². The van der Waals surface area contributed by atoms with Crippen LogP contribution in [0, 0.1) is 0 Å². The van der Waals surface area contributed by atoms with E-state index >= 15 is 0 Å². The fourth-order valence-corrected chi connectivity index (χ4v) is 0.689. The third-order valence-electron chi connectivity index (χ3n) is 1.49. The lowest BCUT2D eigenvalue weighted by molar-refractivity contribution is -0.132. The van der Waals surface area contributed by atoms with Crippen molar-refractivity contribution >= 4 is 12.0 Å². The number of carboxylic acid groups (broad SMARTS) is 1. The number of nitrogens with one attached hydrogen (secondary N) is 2. The molecule has 0 saturated heterocycles. The zero-order chi connectivity index (χ0) is 11.0. The molecule has 0 rings (SSSR count). The van der Waals surface area contributed by atoms with Gasteiger partial charge in [0.05, 0.1) is 0 Å². The van der Waals surface area contributed by atoms with E-state index in [1.165, 1.54) is 6.92 Å². The highest BCUT2D eigenvalue weighted by atomic mass is 16.4. The van der Waals surface area contributed by atoms with Crippen LogP contribution >= 0.6 is 0 Å². The van der Waals surface area contributed by atoms with E-state index in [4.69, 9.17) is 10.8 Å². The summed E-state index contributed by atoms with van der Waals surface area (Å²) in [7, 11) is 0. The van der Waals surface area contributed by atoms with Gasteiger partial charge in [-0.2, -0.15) is 0 Å². The largest absolute Gasteiger partial charge is 0.478 e. The van der Waals surface area contributed by atoms with Crippen molar-refractivity contribution < 1.29 is 14.7 Å². The Morgan fingerprint density at radius 3 is 2.57 bits per heavy atom. The fraction of sp³-hybridized carbons (Fsp3) is 0.500. The lowest BCUT2D eigenvalue weighted by Crippen LogP contribution is -2.35. The lowest BCUT2D eigenvalue weighted by Gasteiger charge is -2.02. The van der Waals surface area contributed by atoms with Gasteiger partial charge < -0.3 is 21.5 Å². The highest BCUT2D eigenvalue weighted by Crippen LogP contribution is 1.89. The number of carbonyl (C=O) groups is 2. The van der Waals surface area contributed by atoms with Gasteiger partial charge in [0, 0.05) is 25.2 Å². The molecule has 0 aromatic rings. The van der Waals surface area contributed by atoms with Gasteiger partial charge in [-0.3, -0.25) is 0 Å². The Morgan fingerprint density at radius 2 is 2.07 bits per heavy atom. The summed E-state index contributed by atoms with van der Waals surface area (Å²) in [4.78, 5) is 20.6. The Morgan fingerprint density at radius 1 is 1.43 bits per heavy atom. The van der Waals surface area contributed by atoms with Gasteiger partial charge in [0.1, 0.15) is 0 Å². The summed E-state index contributed by atoms with van der Waals surface area (Å²) >= 11 is 0. The Labute approximate surface area is 82.2 Å². The average Bonchev–Trinajstić information content (AvgIpc) is 2.09. The summed E-state index contributed by atoms with van der Waals surface area (Å²) < 4.78 is 0. The van der Waals surface area contributed by atoms with Crippen LogP contribution in [0.1, 0.15) is 6.92 Å². The molecule has 0 aliphatic heterocycles. The Kier molecular flexibility index (Phi) is 6.13. The topological polar surface area (TPSA) is 104 Å². The average molecular weight is 201 g/mol. The number of hydrogen-bond donors (Lipinski definition) is 4. The minimum atomic E-state index is -0.929. The minimum Gasteiger partial charge on any atom is -0.478 e. The van der Waals surface area contributed by atoms with Crippen molar-refractivity contribution in [1.29, 1.82) is 0 Å². The summed E-state index contributed by atoms with van der Waals surface area (Å²) in [5, 5.41) is 13.8. The van der Waals surface area contributed by atoms with Crippen molar-refractivity contribution in [3.63, 3.8) is 0 Å². The summed E-state index contributed by atoms with van der Waals surface area (Å²) in [5.74, 6) is -0.929. The summed E-state index contributed by atoms with van der Waals surface area (Å²) in [6.07, 6.45) is 1.56. The number of rotatable bonds is 6. The molecule has 0 radical (unpaired) electrons. The maximum atomic E-state index is 10.3. The second-order valence-corrected chi connectivity index (χ2v) is 2.69. The Hall–Kier alpha value is -1.56. The van der Waals surface area contributed by atoms with Gasteiger partial charge in [-0.25, -0.2) is 9.59 Å². The zero-order valence-electron chi connectivity index (χ0n) is 8.04. The smallest absolute Gasteiger partial charge is 0.330 e. The molecule has 0 aliphatic carbocycles. The van der Waals surface area contributed by atoms with Crippen LogP contribution in [0.25, 0.3) is 0 Å². The number of amides is 2. The number of carbonyl (C=O) groups excluding carboxylic acids is 1. The summed E-state index contributed by atoms with van der Waals surface area (Å²) in [6.45, 7) is 2.95. The first-order valence-corrected chi connectivity index (χ1v) is 4.18. The van der Waals surface area contributed by atoms with Crippen molar-refractivity contribution in [3.8, 4) is 0 Å². The van der Waals surface area contributed by atoms with Gasteiger partial charge in [0.2, 0.25) is 0 Å². The summed E-state index contributed by atoms with van der Waals surface area (Å²) in [5.41, 5.74) is 5.12. The van der Waals surface area contributed by atoms with Crippen LogP contribution in [-0.4, -0.2) is 36.7 Å². The van der Waals surface area contributed by atoms with Gasteiger partial charge in [0.15, 0.2) is 0 Å². The monoisotopic (exact) mass is 201 g/mol. The van der Waals surface area contributed by atoms with Crippen molar-refractivity contribution in [2.45, 2.75) is 6.92 Å². The van der Waals surface area contributed by atoms with E-state index < -0.39 is 12.0 Å². The fourth-order valence-electron chi connectivity index (χ4n) is 0.689. The molecular weight excluding hydrogens is 186 g/mol. The van der Waals surface area contributed by atoms with Crippen LogP contribution in [0.5, 0.6) is 0 Å². The molecular formula is C8H15N3O3. The minimum absolute atomic E-state index is 0.292. The maximum Gasteiger partial charge on any atom is 0.330 e. The first-order valence-electron chi connectivity index (χ1n) is 4.18. The van der Waals surface area contributed by atoms with E-state index in [1.54, 1.807) is 6.08 Å². The quantitative estimate of drug-likeness (QED) is 0.336. The molecule has 5 N–H and O–H groups in total. The van der Waals surface area contributed by atoms with E-state index in [0.29, 0.717) is 25.2 Å². The SMILES string of the molecule is CC(=CCNCCNC(N)=O)C(=O)O. The number of aliphatic carboxylic acids is 1. The van der Waals surface area contributed by atoms with Gasteiger partial charge in [0.25, 0.3) is 0 Å². The standard InChI is InChI=1S/C8H15N3O3/c1-6(7(12)13)2-3-10-4-5-11-8(9)14/h2,10H,3-5H2,1H3,(H,12,13)(H3,9,11,14). The summed E-state index contributed by atoms with van der Waals surface area (Å²) in [6, 6.07) is -0.566. The van der Waals surface area contributed by atoms with E-state index in [0.717, 1.165) is 0 Å². The van der Waals surface area contributed by atoms with Gasteiger partial charge in [-0.05, 0) is 6.92 Å². The van der Waals surface area contributed by atoms with Crippen molar-refractivity contribution in [2.24, 2.45) is 5.73 Å². The number of carboxylic acids is 1. The molecule has 2 amide bonds. The molecule has 0 aliphatic rings. The second-order valence-electron chi connectivity index (χ2n) is 2.69. The van der Waals surface area contributed by atoms with E-state index in [-0.39, 0.29) is 0 Å². The zero-order valence-corrected chi connectivity index (χ0v) is 8.04. The molecule has 6 heteroatoms. The van der Waals surface area contributed by atoms with E-state index in [9.17, 15) is 9.59 Å². The molecule has 80 valence electrons. The Bertz CT molecular complexity index is 238. The van der Waals surface area contributed by atoms with Crippen LogP contribution in [-0.2, 0) is 4.79 Å². The van der Waals surface area contributed by atoms with Crippen molar-refractivity contribution in [2.75, 3.05) is 19.6 Å². The van der Waals surface area contributed by atoms with Crippen molar-refractivity contribution in [1.82, 2.24) is 10.6 Å². The normalized spacial score (nSPS) is 11.1. The molecule has 0 saturated carbocycles. The second kappa shape index (κ2) is 6.90. The first kappa shape index (κ1) is 12.4. The lowest BCUT2D eigenvalue weighted by atomic mass is 10.3. The number of nitrogens with two attached hydrogens (primary N) is 1. The third kappa shape index (κ3) is 7.11. The molecule has 0 bridgehead atoms. The van der Waals surface area contributed by atoms with E-state index in [2.05, 4.69) is 10.6 Å². The predicted octanol–water partition coefficient (Wildman–Crippen LogP) is -0.725. The molecule has 0 fully saturated rings. The highest BCUT2D eigenvalue weighted by molar-refractivity contribution is 5.85. The van der Waals surface area contributed by atoms with Gasteiger partial charge >= 0.3 is 12.0 Å². The molecule has 6 nitrogen and oxygen atoms in total. The van der Waals surface area contributed by atoms with Gasteiger partial charge in [-0.15, -0.1) is 0 Å². The van der Waals surface area contributed by atoms with Crippen LogP contribution in [0.4, 0.5) is 4.79 Å². The molecule has 0 aromatic carbocycles. The third-order valence-corrected chi connectivity index (χ3v) is 1.49. The maximum absolute atomic E-state index is 10.3. The first-order chi connectivity index (χ1) is 6.54. The molecule has 14 heavy (non-hydrogen) atoms. The molecule has 0 aromatic heterocycles. The molecule has 0 atom stereocenters. The van der Waals surface area contributed by atoms with Crippen LogP contribution in [0.3, 0.4) is 0 Å². The number of primary amides is 1. The molecule has 0 unspecified atom stereocenters. The van der Waals surface area contributed by atoms with Crippen LogP contribution < -0.4 is 16.4 Å². The molecule has 0 heterocycles. The van der Waals surface area contributed by atoms with E-state index in [1.807, 2.05) is 0 Å². The highest BCUT2D eigenvalue weighted by Gasteiger charge is 1.97. The molecule has 0 spiro atoms. The van der Waals surface area contributed by atoms with Crippen molar-refractivity contribution in [3.05, 3.63) is 11.6 Å². The number of urea groups is 1. The Balaban J connectivity index is 3.42. The number of hydrogen-bond acceptors (Lipinski definition) is 3. The van der Waals surface area contributed by atoms with Crippen LogP contribution in [0.2, 0.25) is 0 Å².